The number of fused-ring (bicyclic) bond motifs is 1. The summed E-state index contributed by atoms with van der Waals surface area (Å²) in [5.41, 5.74) is 0.532. The Kier molecular flexibility index (Phi) is 4.54. The van der Waals surface area contributed by atoms with Crippen LogP contribution in [0.5, 0.6) is 5.88 Å². The summed E-state index contributed by atoms with van der Waals surface area (Å²) in [6, 6.07) is 7.74. The lowest BCUT2D eigenvalue weighted by Crippen LogP contribution is -2.41. The average molecular weight is 327 g/mol. The van der Waals surface area contributed by atoms with Gasteiger partial charge in [-0.25, -0.2) is 9.97 Å². The van der Waals surface area contributed by atoms with Crippen LogP contribution in [-0.2, 0) is 4.79 Å². The van der Waals surface area contributed by atoms with Gasteiger partial charge in [0.25, 0.3) is 0 Å². The maximum absolute atomic E-state index is 12.7. The zero-order valence-electron chi connectivity index (χ0n) is 14.8. The summed E-state index contributed by atoms with van der Waals surface area (Å²) >= 11 is 0. The standard InChI is InChI=1S/C19H25N3O2/c1-5-22-11-13(10-16(22)17(23)19(2,3)4)24-18-14-8-6-7-9-15(14)20-12-21-18/h6-9,12-13,16H,5,10-11H2,1-4H3. The van der Waals surface area contributed by atoms with E-state index in [1.807, 2.05) is 45.0 Å². The fourth-order valence-electron chi connectivity index (χ4n) is 3.30. The van der Waals surface area contributed by atoms with E-state index in [4.69, 9.17) is 4.74 Å². The van der Waals surface area contributed by atoms with Crippen molar-refractivity contribution in [3.63, 3.8) is 0 Å². The molecule has 0 saturated carbocycles. The second kappa shape index (κ2) is 6.48. The molecule has 1 aliphatic rings. The molecule has 128 valence electrons. The van der Waals surface area contributed by atoms with Gasteiger partial charge in [0.1, 0.15) is 12.4 Å². The number of rotatable bonds is 4. The molecule has 1 aromatic carbocycles. The van der Waals surface area contributed by atoms with E-state index in [-0.39, 0.29) is 23.3 Å². The molecule has 1 aromatic heterocycles. The molecule has 0 bridgehead atoms. The van der Waals surface area contributed by atoms with Crippen LogP contribution in [0, 0.1) is 5.41 Å². The SMILES string of the molecule is CCN1CC(Oc2ncnc3ccccc23)CC1C(=O)C(C)(C)C. The van der Waals surface area contributed by atoms with Crippen LogP contribution >= 0.6 is 0 Å². The summed E-state index contributed by atoms with van der Waals surface area (Å²) in [6.07, 6.45) is 2.21. The van der Waals surface area contributed by atoms with Gasteiger partial charge in [-0.3, -0.25) is 9.69 Å². The van der Waals surface area contributed by atoms with Gasteiger partial charge in [0.15, 0.2) is 5.78 Å². The summed E-state index contributed by atoms with van der Waals surface area (Å²) < 4.78 is 6.17. The van der Waals surface area contributed by atoms with E-state index in [1.165, 1.54) is 6.33 Å². The van der Waals surface area contributed by atoms with Gasteiger partial charge in [0.05, 0.1) is 16.9 Å². The Bertz CT molecular complexity index is 733. The number of likely N-dealkylation sites (N-methyl/N-ethyl adjacent to an activating group) is 1. The largest absolute Gasteiger partial charge is 0.472 e. The molecule has 1 fully saturated rings. The molecule has 0 radical (unpaired) electrons. The van der Waals surface area contributed by atoms with Crippen molar-refractivity contribution in [3.8, 4) is 5.88 Å². The van der Waals surface area contributed by atoms with Crippen molar-refractivity contribution in [2.24, 2.45) is 5.41 Å². The molecular formula is C19H25N3O2. The summed E-state index contributed by atoms with van der Waals surface area (Å²) in [5.74, 6) is 0.883. The predicted octanol–water partition coefficient (Wildman–Crippen LogP) is 3.09. The van der Waals surface area contributed by atoms with Crippen LogP contribution in [0.25, 0.3) is 10.9 Å². The van der Waals surface area contributed by atoms with Crippen molar-refractivity contribution in [3.05, 3.63) is 30.6 Å². The first-order valence-corrected chi connectivity index (χ1v) is 8.55. The monoisotopic (exact) mass is 327 g/mol. The molecule has 0 N–H and O–H groups in total. The number of hydrogen-bond acceptors (Lipinski definition) is 5. The van der Waals surface area contributed by atoms with E-state index in [9.17, 15) is 4.79 Å². The lowest BCUT2D eigenvalue weighted by Gasteiger charge is -2.27. The van der Waals surface area contributed by atoms with E-state index in [0.717, 1.165) is 24.0 Å². The Morgan fingerprint density at radius 2 is 2.04 bits per heavy atom. The Labute approximate surface area is 143 Å². The molecule has 5 nitrogen and oxygen atoms in total. The molecule has 1 aliphatic heterocycles. The van der Waals surface area contributed by atoms with Crippen molar-refractivity contribution < 1.29 is 9.53 Å². The summed E-state index contributed by atoms with van der Waals surface area (Å²) in [4.78, 5) is 23.5. The number of para-hydroxylation sites is 1. The molecule has 2 heterocycles. The van der Waals surface area contributed by atoms with Crippen molar-refractivity contribution >= 4 is 16.7 Å². The molecule has 1 saturated heterocycles. The van der Waals surface area contributed by atoms with Gasteiger partial charge < -0.3 is 4.74 Å². The number of carbonyl (C=O) groups excluding carboxylic acids is 1. The fraction of sp³-hybridized carbons (Fsp3) is 0.526. The number of ketones is 1. The van der Waals surface area contributed by atoms with E-state index in [2.05, 4.69) is 21.8 Å². The van der Waals surface area contributed by atoms with Crippen LogP contribution in [0.4, 0.5) is 0 Å². The maximum Gasteiger partial charge on any atom is 0.224 e. The number of carbonyl (C=O) groups is 1. The molecule has 2 unspecified atom stereocenters. The Balaban J connectivity index is 1.80. The number of likely N-dealkylation sites (tertiary alicyclic amines) is 1. The third-order valence-corrected chi connectivity index (χ3v) is 4.60. The number of aromatic nitrogens is 2. The molecular weight excluding hydrogens is 302 g/mol. The van der Waals surface area contributed by atoms with Gasteiger partial charge in [-0.2, -0.15) is 0 Å². The Morgan fingerprint density at radius 3 is 2.75 bits per heavy atom. The lowest BCUT2D eigenvalue weighted by molar-refractivity contribution is -0.130. The minimum Gasteiger partial charge on any atom is -0.472 e. The van der Waals surface area contributed by atoms with Gasteiger partial charge in [-0.15, -0.1) is 0 Å². The Morgan fingerprint density at radius 1 is 1.29 bits per heavy atom. The van der Waals surface area contributed by atoms with E-state index in [1.54, 1.807) is 0 Å². The van der Waals surface area contributed by atoms with Crippen LogP contribution in [-0.4, -0.2) is 45.9 Å². The molecule has 24 heavy (non-hydrogen) atoms. The highest BCUT2D eigenvalue weighted by Gasteiger charge is 2.41. The fourth-order valence-corrected chi connectivity index (χ4v) is 3.30. The molecule has 2 aromatic rings. The highest BCUT2D eigenvalue weighted by molar-refractivity contribution is 5.89. The minimum absolute atomic E-state index is 0.0282. The molecule has 0 aliphatic carbocycles. The van der Waals surface area contributed by atoms with Crippen LogP contribution in [0.2, 0.25) is 0 Å². The molecule has 0 spiro atoms. The van der Waals surface area contributed by atoms with E-state index >= 15 is 0 Å². The van der Waals surface area contributed by atoms with Gasteiger partial charge in [-0.1, -0.05) is 39.8 Å². The summed E-state index contributed by atoms with van der Waals surface area (Å²) in [5, 5.41) is 0.911. The zero-order chi connectivity index (χ0) is 17.3. The number of hydrogen-bond donors (Lipinski definition) is 0. The topological polar surface area (TPSA) is 55.3 Å². The number of Topliss-reactive ketones (excluding diaryl/α,β-unsaturated/α-hetero) is 1. The Hall–Kier alpha value is -2.01. The molecule has 3 rings (SSSR count). The molecule has 0 amide bonds. The van der Waals surface area contributed by atoms with Crippen molar-refractivity contribution in [1.82, 2.24) is 14.9 Å². The first-order chi connectivity index (χ1) is 11.4. The third kappa shape index (κ3) is 3.26. The first kappa shape index (κ1) is 16.8. The lowest BCUT2D eigenvalue weighted by atomic mass is 9.85. The zero-order valence-corrected chi connectivity index (χ0v) is 14.8. The molecule has 2 atom stereocenters. The first-order valence-electron chi connectivity index (χ1n) is 8.55. The second-order valence-electron chi connectivity index (χ2n) is 7.39. The van der Waals surface area contributed by atoms with Crippen LogP contribution in [0.1, 0.15) is 34.1 Å². The average Bonchev–Trinajstić information content (AvgIpc) is 2.96. The van der Waals surface area contributed by atoms with Crippen LogP contribution < -0.4 is 4.74 Å². The highest BCUT2D eigenvalue weighted by atomic mass is 16.5. The van der Waals surface area contributed by atoms with Gasteiger partial charge >= 0.3 is 0 Å². The number of ether oxygens (including phenoxy) is 1. The molecule has 5 heteroatoms. The van der Waals surface area contributed by atoms with Crippen molar-refractivity contribution in [2.75, 3.05) is 13.1 Å². The normalized spacial score (nSPS) is 22.0. The van der Waals surface area contributed by atoms with Gasteiger partial charge in [0.2, 0.25) is 5.88 Å². The van der Waals surface area contributed by atoms with Crippen molar-refractivity contribution in [1.29, 1.82) is 0 Å². The van der Waals surface area contributed by atoms with Gasteiger partial charge in [-0.05, 0) is 18.7 Å². The smallest absolute Gasteiger partial charge is 0.224 e. The number of benzene rings is 1. The van der Waals surface area contributed by atoms with E-state index in [0.29, 0.717) is 12.3 Å². The van der Waals surface area contributed by atoms with Crippen LogP contribution in [0.15, 0.2) is 30.6 Å². The second-order valence-corrected chi connectivity index (χ2v) is 7.39. The van der Waals surface area contributed by atoms with Crippen LogP contribution in [0.3, 0.4) is 0 Å². The quantitative estimate of drug-likeness (QED) is 0.864. The minimum atomic E-state index is -0.339. The third-order valence-electron chi connectivity index (χ3n) is 4.60. The number of nitrogens with zero attached hydrogens (tertiary/aromatic N) is 3. The predicted molar refractivity (Wildman–Crippen MR) is 94.1 cm³/mol. The summed E-state index contributed by atoms with van der Waals surface area (Å²) in [7, 11) is 0. The summed E-state index contributed by atoms with van der Waals surface area (Å²) in [6.45, 7) is 9.63. The van der Waals surface area contributed by atoms with Crippen molar-refractivity contribution in [2.45, 2.75) is 46.3 Å². The highest BCUT2D eigenvalue weighted by Crippen LogP contribution is 2.30. The maximum atomic E-state index is 12.7. The van der Waals surface area contributed by atoms with Gasteiger partial charge in [0, 0.05) is 18.4 Å². The van der Waals surface area contributed by atoms with E-state index < -0.39 is 0 Å².